The van der Waals surface area contributed by atoms with Gasteiger partial charge in [-0.3, -0.25) is 0 Å². The van der Waals surface area contributed by atoms with Crippen molar-refractivity contribution in [2.75, 3.05) is 6.54 Å². The number of hydrogen-bond donors (Lipinski definition) is 2. The molecular formula is C13H15F3N4. The summed E-state index contributed by atoms with van der Waals surface area (Å²) in [5.74, 6) is 0. The molecule has 20 heavy (non-hydrogen) atoms. The Kier molecular flexibility index (Phi) is 4.39. The van der Waals surface area contributed by atoms with Gasteiger partial charge in [0, 0.05) is 0 Å². The Morgan fingerprint density at radius 1 is 1.35 bits per heavy atom. The predicted octanol–water partition coefficient (Wildman–Crippen LogP) is 2.72. The zero-order chi connectivity index (χ0) is 14.6. The highest BCUT2D eigenvalue weighted by molar-refractivity contribution is 5.27. The number of alkyl halides is 3. The van der Waals surface area contributed by atoms with Gasteiger partial charge in [-0.25, -0.2) is 0 Å². The Bertz CT molecular complexity index is 537. The number of aromatic amines is 1. The lowest BCUT2D eigenvalue weighted by Crippen LogP contribution is -2.23. The molecule has 0 saturated heterocycles. The van der Waals surface area contributed by atoms with Crippen LogP contribution in [0.5, 0.6) is 0 Å². The monoisotopic (exact) mass is 284 g/mol. The molecule has 0 spiro atoms. The van der Waals surface area contributed by atoms with E-state index in [1.165, 1.54) is 12.1 Å². The first kappa shape index (κ1) is 14.5. The van der Waals surface area contributed by atoms with Crippen LogP contribution >= 0.6 is 0 Å². The molecule has 1 atom stereocenters. The van der Waals surface area contributed by atoms with Gasteiger partial charge in [0.25, 0.3) is 0 Å². The average molecular weight is 284 g/mol. The minimum absolute atomic E-state index is 0.165. The van der Waals surface area contributed by atoms with Gasteiger partial charge >= 0.3 is 6.18 Å². The van der Waals surface area contributed by atoms with E-state index in [4.69, 9.17) is 0 Å². The van der Waals surface area contributed by atoms with Crippen molar-refractivity contribution in [2.24, 2.45) is 0 Å². The Morgan fingerprint density at radius 3 is 2.75 bits per heavy atom. The lowest BCUT2D eigenvalue weighted by atomic mass is 10.0. The molecule has 2 N–H and O–H groups in total. The SMILES string of the molecule is CCNC(Cc1cccc(C(F)(F)F)c1)c1cn[nH]n1. The third-order valence-corrected chi connectivity index (χ3v) is 2.94. The standard InChI is InChI=1S/C13H15F3N4/c1-2-17-11(12-8-18-20-19-12)7-9-4-3-5-10(6-9)13(14,15)16/h3-6,8,11,17H,2,7H2,1H3,(H,18,19,20). The molecule has 0 aliphatic carbocycles. The van der Waals surface area contributed by atoms with E-state index < -0.39 is 11.7 Å². The molecule has 0 radical (unpaired) electrons. The fourth-order valence-electron chi connectivity index (χ4n) is 2.02. The molecule has 1 aromatic heterocycles. The highest BCUT2D eigenvalue weighted by Gasteiger charge is 2.30. The van der Waals surface area contributed by atoms with Crippen molar-refractivity contribution in [1.82, 2.24) is 20.7 Å². The molecule has 2 rings (SSSR count). The molecule has 7 heteroatoms. The largest absolute Gasteiger partial charge is 0.416 e. The summed E-state index contributed by atoms with van der Waals surface area (Å²) in [6.07, 6.45) is -2.33. The van der Waals surface area contributed by atoms with Gasteiger partial charge in [0.05, 0.1) is 23.5 Å². The Balaban J connectivity index is 2.19. The molecule has 1 unspecified atom stereocenters. The molecule has 2 aromatic rings. The first-order valence-corrected chi connectivity index (χ1v) is 6.26. The van der Waals surface area contributed by atoms with Gasteiger partial charge in [-0.05, 0) is 24.6 Å². The van der Waals surface area contributed by atoms with Crippen molar-refractivity contribution >= 4 is 0 Å². The fraction of sp³-hybridized carbons (Fsp3) is 0.385. The molecule has 0 amide bonds. The minimum atomic E-state index is -4.32. The van der Waals surface area contributed by atoms with Crippen molar-refractivity contribution in [3.63, 3.8) is 0 Å². The van der Waals surface area contributed by atoms with E-state index in [1.807, 2.05) is 6.92 Å². The summed E-state index contributed by atoms with van der Waals surface area (Å²) in [4.78, 5) is 0. The van der Waals surface area contributed by atoms with E-state index in [9.17, 15) is 13.2 Å². The van der Waals surface area contributed by atoms with E-state index in [1.54, 1.807) is 12.3 Å². The van der Waals surface area contributed by atoms with E-state index in [0.29, 0.717) is 24.2 Å². The Morgan fingerprint density at radius 2 is 2.15 bits per heavy atom. The number of likely N-dealkylation sites (N-methyl/N-ethyl adjacent to an activating group) is 1. The second-order valence-corrected chi connectivity index (χ2v) is 4.41. The lowest BCUT2D eigenvalue weighted by molar-refractivity contribution is -0.137. The fourth-order valence-corrected chi connectivity index (χ4v) is 2.02. The number of hydrogen-bond acceptors (Lipinski definition) is 3. The van der Waals surface area contributed by atoms with Crippen molar-refractivity contribution in [3.05, 3.63) is 47.3 Å². The molecule has 0 saturated carbocycles. The van der Waals surface area contributed by atoms with Crippen molar-refractivity contribution < 1.29 is 13.2 Å². The highest BCUT2D eigenvalue weighted by Crippen LogP contribution is 2.30. The van der Waals surface area contributed by atoms with Crippen molar-refractivity contribution in [1.29, 1.82) is 0 Å². The number of halogens is 3. The molecule has 0 fully saturated rings. The zero-order valence-corrected chi connectivity index (χ0v) is 10.9. The minimum Gasteiger partial charge on any atom is -0.309 e. The molecule has 1 aromatic carbocycles. The maximum atomic E-state index is 12.7. The second kappa shape index (κ2) is 6.04. The first-order chi connectivity index (χ1) is 9.50. The summed E-state index contributed by atoms with van der Waals surface area (Å²) in [6, 6.07) is 5.18. The molecular weight excluding hydrogens is 269 g/mol. The lowest BCUT2D eigenvalue weighted by Gasteiger charge is -2.16. The van der Waals surface area contributed by atoms with Gasteiger partial charge in [-0.15, -0.1) is 0 Å². The van der Waals surface area contributed by atoms with Gasteiger partial charge < -0.3 is 5.32 Å². The maximum Gasteiger partial charge on any atom is 0.416 e. The number of nitrogens with one attached hydrogen (secondary N) is 2. The zero-order valence-electron chi connectivity index (χ0n) is 10.9. The van der Waals surface area contributed by atoms with E-state index in [0.717, 1.165) is 6.07 Å². The van der Waals surface area contributed by atoms with Crippen LogP contribution in [0.25, 0.3) is 0 Å². The van der Waals surface area contributed by atoms with Crippen LogP contribution in [-0.2, 0) is 12.6 Å². The molecule has 0 aliphatic heterocycles. The van der Waals surface area contributed by atoms with Crippen LogP contribution < -0.4 is 5.32 Å². The summed E-state index contributed by atoms with van der Waals surface area (Å²) in [6.45, 7) is 2.62. The van der Waals surface area contributed by atoms with Crippen LogP contribution in [0.2, 0.25) is 0 Å². The molecule has 0 aliphatic rings. The average Bonchev–Trinajstić information content (AvgIpc) is 2.91. The second-order valence-electron chi connectivity index (χ2n) is 4.41. The molecule has 1 heterocycles. The smallest absolute Gasteiger partial charge is 0.309 e. The summed E-state index contributed by atoms with van der Waals surface area (Å²) in [7, 11) is 0. The van der Waals surface area contributed by atoms with Crippen molar-refractivity contribution in [3.8, 4) is 0 Å². The van der Waals surface area contributed by atoms with Gasteiger partial charge in [0.2, 0.25) is 0 Å². The van der Waals surface area contributed by atoms with Crippen molar-refractivity contribution in [2.45, 2.75) is 25.6 Å². The number of benzene rings is 1. The number of aromatic nitrogens is 3. The van der Waals surface area contributed by atoms with E-state index in [-0.39, 0.29) is 6.04 Å². The van der Waals surface area contributed by atoms with E-state index in [2.05, 4.69) is 20.7 Å². The van der Waals surface area contributed by atoms with Gasteiger partial charge in [-0.1, -0.05) is 25.1 Å². The summed E-state index contributed by atoms with van der Waals surface area (Å²) >= 11 is 0. The quantitative estimate of drug-likeness (QED) is 0.887. The van der Waals surface area contributed by atoms with Crippen LogP contribution in [0.15, 0.2) is 30.5 Å². The topological polar surface area (TPSA) is 53.6 Å². The van der Waals surface area contributed by atoms with Crippen LogP contribution in [0.4, 0.5) is 13.2 Å². The van der Waals surface area contributed by atoms with Crippen LogP contribution in [0.1, 0.15) is 29.8 Å². The summed E-state index contributed by atoms with van der Waals surface area (Å²) in [5.41, 5.74) is 0.656. The van der Waals surface area contributed by atoms with Crippen LogP contribution in [0.3, 0.4) is 0 Å². The normalized spacial score (nSPS) is 13.4. The summed E-state index contributed by atoms with van der Waals surface area (Å²) in [5, 5.41) is 13.4. The molecule has 4 nitrogen and oxygen atoms in total. The number of nitrogens with zero attached hydrogens (tertiary/aromatic N) is 2. The van der Waals surface area contributed by atoms with Crippen LogP contribution in [0, 0.1) is 0 Å². The Hall–Kier alpha value is -1.89. The van der Waals surface area contributed by atoms with Gasteiger partial charge in [-0.2, -0.15) is 28.6 Å². The first-order valence-electron chi connectivity index (χ1n) is 6.26. The van der Waals surface area contributed by atoms with Crippen LogP contribution in [-0.4, -0.2) is 22.0 Å². The number of rotatable bonds is 5. The maximum absolute atomic E-state index is 12.7. The Labute approximate surface area is 114 Å². The van der Waals surface area contributed by atoms with E-state index >= 15 is 0 Å². The van der Waals surface area contributed by atoms with Gasteiger partial charge in [0.15, 0.2) is 0 Å². The van der Waals surface area contributed by atoms with Gasteiger partial charge in [0.1, 0.15) is 0 Å². The third kappa shape index (κ3) is 3.57. The highest BCUT2D eigenvalue weighted by atomic mass is 19.4. The molecule has 108 valence electrons. The summed E-state index contributed by atoms with van der Waals surface area (Å²) < 4.78 is 38.1. The predicted molar refractivity (Wildman–Crippen MR) is 67.9 cm³/mol. The number of H-pyrrole nitrogens is 1. The molecule has 0 bridgehead atoms. The third-order valence-electron chi connectivity index (χ3n) is 2.94.